The van der Waals surface area contributed by atoms with E-state index in [1.165, 1.54) is 0 Å². The molecule has 0 heterocycles. The topological polar surface area (TPSA) is 47.9 Å². The highest BCUT2D eigenvalue weighted by atomic mass is 17.1. The molecule has 0 spiro atoms. The van der Waals surface area contributed by atoms with Crippen LogP contribution >= 0.6 is 0 Å². The van der Waals surface area contributed by atoms with Gasteiger partial charge in [0.15, 0.2) is 0 Å². The van der Waals surface area contributed by atoms with Crippen molar-refractivity contribution in [2.45, 2.75) is 12.0 Å². The molecule has 2 radical (unpaired) electrons. The van der Waals surface area contributed by atoms with E-state index < -0.39 is 6.10 Å². The standard InChI is InChI=1S/C12H16O4/c1-10(16-13)12(8-15-9-14-2)11-6-4-3-5-7-11/h3-7,10,12-13H,1-2,8-9H2. The van der Waals surface area contributed by atoms with Crippen molar-refractivity contribution in [2.24, 2.45) is 0 Å². The first-order chi connectivity index (χ1) is 7.79. The first kappa shape index (κ1) is 13.1. The number of ether oxygens (including phenoxy) is 2. The summed E-state index contributed by atoms with van der Waals surface area (Å²) in [6, 6.07) is 9.58. The lowest BCUT2D eigenvalue weighted by Gasteiger charge is -2.21. The van der Waals surface area contributed by atoms with Crippen molar-refractivity contribution in [1.29, 1.82) is 0 Å². The summed E-state index contributed by atoms with van der Waals surface area (Å²) in [6.45, 7) is 4.14. The average molecular weight is 224 g/mol. The SMILES string of the molecule is [CH2]OCOCC(c1ccccc1)C([CH2])OO. The van der Waals surface area contributed by atoms with Gasteiger partial charge in [0, 0.05) is 5.92 Å². The maximum atomic E-state index is 8.66. The Balaban J connectivity index is 2.64. The molecule has 0 fully saturated rings. The van der Waals surface area contributed by atoms with Crippen LogP contribution in [0.3, 0.4) is 0 Å². The van der Waals surface area contributed by atoms with Crippen LogP contribution in [0.1, 0.15) is 11.5 Å². The van der Waals surface area contributed by atoms with E-state index in [0.29, 0.717) is 6.61 Å². The summed E-state index contributed by atoms with van der Waals surface area (Å²) in [5, 5.41) is 8.66. The van der Waals surface area contributed by atoms with E-state index in [2.05, 4.69) is 23.7 Å². The van der Waals surface area contributed by atoms with Crippen LogP contribution in [0.15, 0.2) is 30.3 Å². The predicted molar refractivity (Wildman–Crippen MR) is 59.3 cm³/mol. The molecule has 1 rings (SSSR count). The van der Waals surface area contributed by atoms with Gasteiger partial charge in [-0.25, -0.2) is 4.89 Å². The Hall–Kier alpha value is -0.940. The number of hydrogen-bond acceptors (Lipinski definition) is 4. The van der Waals surface area contributed by atoms with Gasteiger partial charge in [-0.2, -0.15) is 0 Å². The minimum absolute atomic E-state index is 0.0987. The van der Waals surface area contributed by atoms with Gasteiger partial charge in [-0.1, -0.05) is 30.3 Å². The van der Waals surface area contributed by atoms with E-state index in [9.17, 15) is 0 Å². The molecule has 2 atom stereocenters. The number of rotatable bonds is 7. The van der Waals surface area contributed by atoms with Crippen LogP contribution in [0.4, 0.5) is 0 Å². The van der Waals surface area contributed by atoms with Crippen molar-refractivity contribution in [3.63, 3.8) is 0 Å². The summed E-state index contributed by atoms with van der Waals surface area (Å²) in [5.74, 6) is -0.152. The molecule has 1 N–H and O–H groups in total. The van der Waals surface area contributed by atoms with E-state index in [4.69, 9.17) is 9.99 Å². The van der Waals surface area contributed by atoms with Gasteiger partial charge in [0.05, 0.1) is 13.7 Å². The molecule has 1 aromatic carbocycles. The Morgan fingerprint density at radius 3 is 2.50 bits per heavy atom. The van der Waals surface area contributed by atoms with Crippen LogP contribution < -0.4 is 0 Å². The van der Waals surface area contributed by atoms with Crippen molar-refractivity contribution in [2.75, 3.05) is 13.4 Å². The van der Waals surface area contributed by atoms with Gasteiger partial charge in [0.2, 0.25) is 0 Å². The van der Waals surface area contributed by atoms with Crippen molar-refractivity contribution in [3.8, 4) is 0 Å². The van der Waals surface area contributed by atoms with Gasteiger partial charge in [0.25, 0.3) is 0 Å². The molecular formula is C12H16O4. The molecule has 0 aliphatic carbocycles. The third-order valence-electron chi connectivity index (χ3n) is 2.28. The second kappa shape index (κ2) is 7.35. The van der Waals surface area contributed by atoms with Gasteiger partial charge >= 0.3 is 0 Å². The number of benzene rings is 1. The molecule has 0 saturated heterocycles. The molecule has 2 unspecified atom stereocenters. The Bertz CT molecular complexity index is 276. The van der Waals surface area contributed by atoms with Crippen molar-refractivity contribution in [3.05, 3.63) is 49.9 Å². The molecule has 1 aromatic rings. The van der Waals surface area contributed by atoms with Crippen LogP contribution in [-0.2, 0) is 14.4 Å². The van der Waals surface area contributed by atoms with Crippen LogP contribution in [0.2, 0.25) is 0 Å². The van der Waals surface area contributed by atoms with Crippen LogP contribution in [0.25, 0.3) is 0 Å². The summed E-state index contributed by atoms with van der Waals surface area (Å²) >= 11 is 0. The second-order valence-electron chi connectivity index (χ2n) is 3.35. The summed E-state index contributed by atoms with van der Waals surface area (Å²) in [5.41, 5.74) is 0.987. The third kappa shape index (κ3) is 3.90. The third-order valence-corrected chi connectivity index (χ3v) is 2.28. The fraction of sp³-hybridized carbons (Fsp3) is 0.333. The maximum Gasteiger partial charge on any atom is 0.146 e. The highest BCUT2D eigenvalue weighted by Gasteiger charge is 2.20. The molecule has 0 amide bonds. The number of hydrogen-bond donors (Lipinski definition) is 1. The molecule has 0 aliphatic heterocycles. The van der Waals surface area contributed by atoms with Crippen LogP contribution in [-0.4, -0.2) is 24.8 Å². The molecule has 4 heteroatoms. The Kier molecular flexibility index (Phi) is 6.03. The largest absolute Gasteiger partial charge is 0.355 e. The molecule has 16 heavy (non-hydrogen) atoms. The molecular weight excluding hydrogens is 208 g/mol. The average Bonchev–Trinajstić information content (AvgIpc) is 2.35. The van der Waals surface area contributed by atoms with Crippen molar-refractivity contribution < 1.29 is 19.6 Å². The van der Waals surface area contributed by atoms with Crippen molar-refractivity contribution in [1.82, 2.24) is 0 Å². The lowest BCUT2D eigenvalue weighted by molar-refractivity contribution is -0.274. The Morgan fingerprint density at radius 2 is 1.94 bits per heavy atom. The monoisotopic (exact) mass is 224 g/mol. The summed E-state index contributed by atoms with van der Waals surface area (Å²) in [7, 11) is 3.20. The normalized spacial score (nSPS) is 14.7. The zero-order valence-electron chi connectivity index (χ0n) is 9.04. The van der Waals surface area contributed by atoms with E-state index in [1.54, 1.807) is 0 Å². The van der Waals surface area contributed by atoms with E-state index in [0.717, 1.165) is 5.56 Å². The smallest absolute Gasteiger partial charge is 0.146 e. The Labute approximate surface area is 95.7 Å². The van der Waals surface area contributed by atoms with Gasteiger partial charge in [-0.05, 0) is 12.5 Å². The van der Waals surface area contributed by atoms with E-state index in [1.807, 2.05) is 30.3 Å². The Morgan fingerprint density at radius 1 is 1.25 bits per heavy atom. The molecule has 4 nitrogen and oxygen atoms in total. The first-order valence-electron chi connectivity index (χ1n) is 4.92. The zero-order chi connectivity index (χ0) is 11.8. The highest BCUT2D eigenvalue weighted by molar-refractivity contribution is 5.21. The summed E-state index contributed by atoms with van der Waals surface area (Å²) in [4.78, 5) is 4.25. The first-order valence-corrected chi connectivity index (χ1v) is 4.92. The minimum Gasteiger partial charge on any atom is -0.355 e. The maximum absolute atomic E-state index is 8.66. The van der Waals surface area contributed by atoms with Crippen LogP contribution in [0, 0.1) is 14.0 Å². The summed E-state index contributed by atoms with van der Waals surface area (Å²) < 4.78 is 9.75. The molecule has 0 saturated carbocycles. The van der Waals surface area contributed by atoms with Gasteiger partial charge in [-0.3, -0.25) is 5.26 Å². The lowest BCUT2D eigenvalue weighted by Crippen LogP contribution is -2.23. The zero-order valence-corrected chi connectivity index (χ0v) is 9.04. The van der Waals surface area contributed by atoms with Crippen LogP contribution in [0.5, 0.6) is 0 Å². The predicted octanol–water partition coefficient (Wildman–Crippen LogP) is 2.24. The van der Waals surface area contributed by atoms with Gasteiger partial charge in [0.1, 0.15) is 12.9 Å². The van der Waals surface area contributed by atoms with Gasteiger partial charge < -0.3 is 9.47 Å². The second-order valence-corrected chi connectivity index (χ2v) is 3.35. The lowest BCUT2D eigenvalue weighted by atomic mass is 9.95. The van der Waals surface area contributed by atoms with Crippen molar-refractivity contribution >= 4 is 0 Å². The fourth-order valence-corrected chi connectivity index (χ4v) is 1.43. The van der Waals surface area contributed by atoms with E-state index in [-0.39, 0.29) is 12.7 Å². The molecule has 88 valence electrons. The molecule has 0 bridgehead atoms. The van der Waals surface area contributed by atoms with Gasteiger partial charge in [-0.15, -0.1) is 0 Å². The quantitative estimate of drug-likeness (QED) is 0.334. The van der Waals surface area contributed by atoms with E-state index >= 15 is 0 Å². The summed E-state index contributed by atoms with van der Waals surface area (Å²) in [6.07, 6.45) is -0.591. The minimum atomic E-state index is -0.591. The molecule has 0 aliphatic rings. The fourth-order valence-electron chi connectivity index (χ4n) is 1.43. The highest BCUT2D eigenvalue weighted by Crippen LogP contribution is 2.21. The molecule has 0 aromatic heterocycles.